The van der Waals surface area contributed by atoms with E-state index in [0.29, 0.717) is 6.04 Å². The van der Waals surface area contributed by atoms with E-state index in [0.717, 1.165) is 30.0 Å². The summed E-state index contributed by atoms with van der Waals surface area (Å²) in [5.74, 6) is 0. The SMILES string of the molecule is Cc1ccc(-c2ccc3nc(N4CCC(N5CCCCC5)C4)sc3c2)c(C)n1. The smallest absolute Gasteiger partial charge is 0.186 e. The van der Waals surface area contributed by atoms with Crippen molar-refractivity contribution in [2.45, 2.75) is 45.6 Å². The van der Waals surface area contributed by atoms with Gasteiger partial charge < -0.3 is 4.90 Å². The number of rotatable bonds is 3. The summed E-state index contributed by atoms with van der Waals surface area (Å²) >= 11 is 1.84. The molecule has 0 radical (unpaired) electrons. The first-order valence-corrected chi connectivity index (χ1v) is 11.3. The zero-order valence-electron chi connectivity index (χ0n) is 16.8. The summed E-state index contributed by atoms with van der Waals surface area (Å²) in [6, 6.07) is 11.6. The summed E-state index contributed by atoms with van der Waals surface area (Å²) < 4.78 is 1.27. The molecule has 0 bridgehead atoms. The number of aryl methyl sites for hydroxylation is 2. The highest BCUT2D eigenvalue weighted by atomic mass is 32.1. The molecule has 2 fully saturated rings. The standard InChI is InChI=1S/C23H28N4S/c1-16-6-8-20(17(2)24-16)18-7-9-21-22(14-18)28-23(25-21)27-13-10-19(15-27)26-11-4-3-5-12-26/h6-9,14,19H,3-5,10-13,15H2,1-2H3. The van der Waals surface area contributed by atoms with Crippen molar-refractivity contribution in [3.05, 3.63) is 41.7 Å². The van der Waals surface area contributed by atoms with Gasteiger partial charge in [-0.2, -0.15) is 0 Å². The van der Waals surface area contributed by atoms with Crippen LogP contribution in [0.1, 0.15) is 37.1 Å². The number of aromatic nitrogens is 2. The maximum Gasteiger partial charge on any atom is 0.186 e. The summed E-state index contributed by atoms with van der Waals surface area (Å²) in [6.45, 7) is 8.97. The summed E-state index contributed by atoms with van der Waals surface area (Å²) in [5, 5.41) is 1.19. The molecule has 4 heterocycles. The Balaban J connectivity index is 1.38. The van der Waals surface area contributed by atoms with Gasteiger partial charge in [0.05, 0.1) is 10.2 Å². The van der Waals surface area contributed by atoms with Crippen LogP contribution in [0.25, 0.3) is 21.3 Å². The summed E-state index contributed by atoms with van der Waals surface area (Å²) in [4.78, 5) is 14.8. The molecule has 0 spiro atoms. The Kier molecular flexibility index (Phi) is 4.81. The molecule has 4 nitrogen and oxygen atoms in total. The molecule has 2 saturated heterocycles. The number of pyridine rings is 1. The molecule has 1 atom stereocenters. The molecule has 2 aliphatic heterocycles. The van der Waals surface area contributed by atoms with Crippen molar-refractivity contribution in [2.75, 3.05) is 31.1 Å². The first-order valence-electron chi connectivity index (χ1n) is 10.5. The van der Waals surface area contributed by atoms with Crippen LogP contribution in [0.2, 0.25) is 0 Å². The zero-order valence-corrected chi connectivity index (χ0v) is 17.6. The Hall–Kier alpha value is -1.98. The number of piperidine rings is 1. The second kappa shape index (κ2) is 7.45. The van der Waals surface area contributed by atoms with Crippen molar-refractivity contribution >= 4 is 26.7 Å². The number of hydrogen-bond donors (Lipinski definition) is 0. The van der Waals surface area contributed by atoms with E-state index in [4.69, 9.17) is 4.98 Å². The molecule has 28 heavy (non-hydrogen) atoms. The molecule has 1 unspecified atom stereocenters. The van der Waals surface area contributed by atoms with Gasteiger partial charge in [0, 0.05) is 36.1 Å². The normalized spacial score (nSPS) is 20.9. The molecule has 0 amide bonds. The van der Waals surface area contributed by atoms with E-state index in [1.165, 1.54) is 59.7 Å². The Morgan fingerprint density at radius 1 is 0.964 bits per heavy atom. The quantitative estimate of drug-likeness (QED) is 0.625. The van der Waals surface area contributed by atoms with Crippen LogP contribution in [-0.4, -0.2) is 47.1 Å². The second-order valence-electron chi connectivity index (χ2n) is 8.25. The van der Waals surface area contributed by atoms with E-state index in [1.807, 2.05) is 18.3 Å². The van der Waals surface area contributed by atoms with Gasteiger partial charge in [0.1, 0.15) is 0 Å². The van der Waals surface area contributed by atoms with E-state index in [2.05, 4.69) is 52.0 Å². The Morgan fingerprint density at radius 3 is 2.64 bits per heavy atom. The van der Waals surface area contributed by atoms with Crippen LogP contribution in [0.3, 0.4) is 0 Å². The Bertz CT molecular complexity index is 989. The lowest BCUT2D eigenvalue weighted by molar-refractivity contribution is 0.175. The van der Waals surface area contributed by atoms with Gasteiger partial charge in [-0.25, -0.2) is 4.98 Å². The predicted molar refractivity (Wildman–Crippen MR) is 118 cm³/mol. The molecule has 1 aromatic carbocycles. The minimum atomic E-state index is 0.712. The minimum absolute atomic E-state index is 0.712. The molecule has 5 heteroatoms. The van der Waals surface area contributed by atoms with E-state index in [-0.39, 0.29) is 0 Å². The van der Waals surface area contributed by atoms with E-state index in [9.17, 15) is 0 Å². The predicted octanol–water partition coefficient (Wildman–Crippen LogP) is 5.04. The molecule has 146 valence electrons. The van der Waals surface area contributed by atoms with E-state index in [1.54, 1.807) is 0 Å². The molecular formula is C23H28N4S. The number of nitrogens with zero attached hydrogens (tertiary/aromatic N) is 4. The highest BCUT2D eigenvalue weighted by molar-refractivity contribution is 7.22. The lowest BCUT2D eigenvalue weighted by atomic mass is 10.0. The van der Waals surface area contributed by atoms with Gasteiger partial charge in [0.2, 0.25) is 0 Å². The minimum Gasteiger partial charge on any atom is -0.346 e. The van der Waals surface area contributed by atoms with E-state index < -0.39 is 0 Å². The lowest BCUT2D eigenvalue weighted by Crippen LogP contribution is -2.40. The number of benzene rings is 1. The van der Waals surface area contributed by atoms with Crippen molar-refractivity contribution in [3.63, 3.8) is 0 Å². The van der Waals surface area contributed by atoms with Gasteiger partial charge in [-0.05, 0) is 70.0 Å². The topological polar surface area (TPSA) is 32.3 Å². The third-order valence-corrected chi connectivity index (χ3v) is 7.33. The fourth-order valence-electron chi connectivity index (χ4n) is 4.70. The number of hydrogen-bond acceptors (Lipinski definition) is 5. The number of fused-ring (bicyclic) bond motifs is 1. The van der Waals surface area contributed by atoms with Gasteiger partial charge in [-0.3, -0.25) is 9.88 Å². The molecule has 2 aromatic heterocycles. The molecule has 5 rings (SSSR count). The van der Waals surface area contributed by atoms with Crippen molar-refractivity contribution < 1.29 is 0 Å². The summed E-state index contributed by atoms with van der Waals surface area (Å²) in [7, 11) is 0. The largest absolute Gasteiger partial charge is 0.346 e. The lowest BCUT2D eigenvalue weighted by Gasteiger charge is -2.32. The highest BCUT2D eigenvalue weighted by Crippen LogP contribution is 2.35. The van der Waals surface area contributed by atoms with Gasteiger partial charge in [0.15, 0.2) is 5.13 Å². The molecule has 0 saturated carbocycles. The number of thiazole rings is 1. The molecule has 0 aliphatic carbocycles. The monoisotopic (exact) mass is 392 g/mol. The van der Waals surface area contributed by atoms with Crippen LogP contribution in [0.4, 0.5) is 5.13 Å². The second-order valence-corrected chi connectivity index (χ2v) is 9.26. The third-order valence-electron chi connectivity index (χ3n) is 6.25. The molecule has 0 N–H and O–H groups in total. The average Bonchev–Trinajstić information content (AvgIpc) is 3.35. The van der Waals surface area contributed by atoms with Crippen molar-refractivity contribution in [1.29, 1.82) is 0 Å². The van der Waals surface area contributed by atoms with Crippen LogP contribution < -0.4 is 4.90 Å². The number of anilines is 1. The average molecular weight is 393 g/mol. The molecule has 3 aromatic rings. The summed E-state index contributed by atoms with van der Waals surface area (Å²) in [5.41, 5.74) is 5.73. The first-order chi connectivity index (χ1) is 13.7. The van der Waals surface area contributed by atoms with Gasteiger partial charge in [-0.15, -0.1) is 0 Å². The van der Waals surface area contributed by atoms with Crippen LogP contribution in [0, 0.1) is 13.8 Å². The van der Waals surface area contributed by atoms with Crippen LogP contribution in [-0.2, 0) is 0 Å². The fourth-order valence-corrected chi connectivity index (χ4v) is 5.74. The fraction of sp³-hybridized carbons (Fsp3) is 0.478. The highest BCUT2D eigenvalue weighted by Gasteiger charge is 2.29. The molecule has 2 aliphatic rings. The van der Waals surface area contributed by atoms with Crippen molar-refractivity contribution in [2.24, 2.45) is 0 Å². The third kappa shape index (κ3) is 3.42. The van der Waals surface area contributed by atoms with E-state index >= 15 is 0 Å². The van der Waals surface area contributed by atoms with Gasteiger partial charge in [0.25, 0.3) is 0 Å². The maximum absolute atomic E-state index is 4.96. The van der Waals surface area contributed by atoms with Gasteiger partial charge in [-0.1, -0.05) is 29.9 Å². The van der Waals surface area contributed by atoms with Crippen LogP contribution >= 0.6 is 11.3 Å². The van der Waals surface area contributed by atoms with Crippen LogP contribution in [0.15, 0.2) is 30.3 Å². The number of likely N-dealkylation sites (tertiary alicyclic amines) is 1. The Labute approximate surface area is 171 Å². The van der Waals surface area contributed by atoms with Gasteiger partial charge >= 0.3 is 0 Å². The van der Waals surface area contributed by atoms with Crippen molar-refractivity contribution in [1.82, 2.24) is 14.9 Å². The zero-order chi connectivity index (χ0) is 19.1. The Morgan fingerprint density at radius 2 is 1.82 bits per heavy atom. The molecular weight excluding hydrogens is 364 g/mol. The van der Waals surface area contributed by atoms with Crippen LogP contribution in [0.5, 0.6) is 0 Å². The first kappa shape index (κ1) is 18.1. The summed E-state index contributed by atoms with van der Waals surface area (Å²) in [6.07, 6.45) is 5.42. The van der Waals surface area contributed by atoms with Crippen molar-refractivity contribution in [3.8, 4) is 11.1 Å². The maximum atomic E-state index is 4.96.